The van der Waals surface area contributed by atoms with Gasteiger partial charge in [0, 0.05) is 5.56 Å². The molecule has 100 valence electrons. The normalized spacial score (nSPS) is 12.2. The van der Waals surface area contributed by atoms with Gasteiger partial charge in [-0.05, 0) is 47.8 Å². The molecular formula is C14H19BrO3. The lowest BCUT2D eigenvalue weighted by atomic mass is 10.0. The molecule has 0 aliphatic carbocycles. The minimum atomic E-state index is -0.137. The fraction of sp³-hybridized carbons (Fsp3) is 0.500. The van der Waals surface area contributed by atoms with Gasteiger partial charge < -0.3 is 9.84 Å². The molecule has 0 fully saturated rings. The van der Waals surface area contributed by atoms with Crippen LogP contribution >= 0.6 is 15.9 Å². The third-order valence-corrected chi connectivity index (χ3v) is 3.53. The van der Waals surface area contributed by atoms with E-state index in [2.05, 4.69) is 15.9 Å². The number of aromatic hydroxyl groups is 1. The van der Waals surface area contributed by atoms with Crippen LogP contribution in [0.4, 0.5) is 0 Å². The van der Waals surface area contributed by atoms with Crippen molar-refractivity contribution in [1.29, 1.82) is 0 Å². The molecule has 1 rings (SSSR count). The average molecular weight is 315 g/mol. The first-order chi connectivity index (χ1) is 8.51. The second kappa shape index (κ2) is 6.78. The third kappa shape index (κ3) is 3.48. The first kappa shape index (κ1) is 15.0. The summed E-state index contributed by atoms with van der Waals surface area (Å²) in [7, 11) is 0. The Morgan fingerprint density at radius 3 is 2.61 bits per heavy atom. The molecule has 3 nitrogen and oxygen atoms in total. The van der Waals surface area contributed by atoms with E-state index in [9.17, 15) is 9.90 Å². The van der Waals surface area contributed by atoms with E-state index in [0.29, 0.717) is 23.3 Å². The molecule has 0 aliphatic rings. The summed E-state index contributed by atoms with van der Waals surface area (Å²) >= 11 is 3.40. The maximum atomic E-state index is 11.4. The highest BCUT2D eigenvalue weighted by Gasteiger charge is 2.17. The number of hydrogen-bond donors (Lipinski definition) is 1. The Kier molecular flexibility index (Phi) is 5.66. The molecule has 0 heterocycles. The highest BCUT2D eigenvalue weighted by molar-refractivity contribution is 9.09. The molecule has 1 aromatic carbocycles. The minimum absolute atomic E-state index is 0.0534. The largest absolute Gasteiger partial charge is 0.507 e. The Morgan fingerprint density at radius 2 is 2.11 bits per heavy atom. The van der Waals surface area contributed by atoms with Gasteiger partial charge in [0.1, 0.15) is 11.5 Å². The third-order valence-electron chi connectivity index (χ3n) is 2.69. The summed E-state index contributed by atoms with van der Waals surface area (Å²) in [4.78, 5) is 11.4. The Hall–Kier alpha value is -1.03. The van der Waals surface area contributed by atoms with Crippen molar-refractivity contribution in [2.45, 2.75) is 45.0 Å². The van der Waals surface area contributed by atoms with Crippen molar-refractivity contribution in [2.24, 2.45) is 0 Å². The van der Waals surface area contributed by atoms with Gasteiger partial charge in [-0.1, -0.05) is 20.3 Å². The number of carbonyl (C=O) groups is 1. The maximum absolute atomic E-state index is 11.4. The topological polar surface area (TPSA) is 46.5 Å². The predicted molar refractivity (Wildman–Crippen MR) is 75.7 cm³/mol. The summed E-state index contributed by atoms with van der Waals surface area (Å²) in [6, 6.07) is 3.37. The van der Waals surface area contributed by atoms with Gasteiger partial charge in [-0.15, -0.1) is 0 Å². The summed E-state index contributed by atoms with van der Waals surface area (Å²) in [5, 5.41) is 10.1. The minimum Gasteiger partial charge on any atom is -0.507 e. The standard InChI is InChI=1S/C14H19BrO3/c1-4-6-11-12(18-13(15)5-2)8-7-10(9(3)16)14(11)17/h7-8,13,17H,4-6H2,1-3H3. The number of ether oxygens (including phenoxy) is 1. The molecule has 0 aromatic heterocycles. The number of Topliss-reactive ketones (excluding diaryl/α,β-unsaturated/α-hetero) is 1. The number of hydrogen-bond acceptors (Lipinski definition) is 3. The molecule has 1 aromatic rings. The van der Waals surface area contributed by atoms with Crippen LogP contribution in [0.1, 0.15) is 49.5 Å². The van der Waals surface area contributed by atoms with E-state index in [1.807, 2.05) is 13.8 Å². The zero-order chi connectivity index (χ0) is 13.7. The smallest absolute Gasteiger partial charge is 0.163 e. The fourth-order valence-electron chi connectivity index (χ4n) is 1.73. The number of ketones is 1. The molecule has 0 spiro atoms. The van der Waals surface area contributed by atoms with E-state index >= 15 is 0 Å². The predicted octanol–water partition coefficient (Wildman–Crippen LogP) is 4.06. The number of carbonyl (C=O) groups excluding carboxylic acids is 1. The first-order valence-corrected chi connectivity index (χ1v) is 7.09. The van der Waals surface area contributed by atoms with Crippen molar-refractivity contribution in [3.63, 3.8) is 0 Å². The molecule has 1 unspecified atom stereocenters. The van der Waals surface area contributed by atoms with Crippen molar-refractivity contribution >= 4 is 21.7 Å². The molecule has 0 saturated heterocycles. The van der Waals surface area contributed by atoms with Crippen LogP contribution < -0.4 is 4.74 Å². The van der Waals surface area contributed by atoms with Crippen LogP contribution in [0.2, 0.25) is 0 Å². The highest BCUT2D eigenvalue weighted by Crippen LogP contribution is 2.34. The van der Waals surface area contributed by atoms with Gasteiger partial charge in [-0.3, -0.25) is 4.79 Å². The fourth-order valence-corrected chi connectivity index (χ4v) is 1.93. The summed E-state index contributed by atoms with van der Waals surface area (Å²) < 4.78 is 5.71. The monoisotopic (exact) mass is 314 g/mol. The second-order valence-electron chi connectivity index (χ2n) is 4.18. The number of benzene rings is 1. The summed E-state index contributed by atoms with van der Waals surface area (Å²) in [6.07, 6.45) is 2.39. The Bertz CT molecular complexity index is 429. The van der Waals surface area contributed by atoms with Crippen LogP contribution in [0.3, 0.4) is 0 Å². The van der Waals surface area contributed by atoms with Crippen LogP contribution in [-0.4, -0.2) is 15.9 Å². The Balaban J connectivity index is 3.18. The summed E-state index contributed by atoms with van der Waals surface area (Å²) in [6.45, 7) is 5.47. The lowest BCUT2D eigenvalue weighted by Gasteiger charge is -2.17. The van der Waals surface area contributed by atoms with E-state index in [1.165, 1.54) is 6.92 Å². The van der Waals surface area contributed by atoms with Gasteiger partial charge in [0.25, 0.3) is 0 Å². The van der Waals surface area contributed by atoms with E-state index in [1.54, 1.807) is 12.1 Å². The van der Waals surface area contributed by atoms with E-state index < -0.39 is 0 Å². The number of rotatable bonds is 6. The van der Waals surface area contributed by atoms with Crippen molar-refractivity contribution < 1.29 is 14.6 Å². The molecule has 4 heteroatoms. The number of halogens is 1. The van der Waals surface area contributed by atoms with Crippen LogP contribution in [-0.2, 0) is 6.42 Å². The maximum Gasteiger partial charge on any atom is 0.163 e. The van der Waals surface area contributed by atoms with Crippen LogP contribution in [0.5, 0.6) is 11.5 Å². The van der Waals surface area contributed by atoms with Crippen LogP contribution in [0, 0.1) is 0 Å². The zero-order valence-electron chi connectivity index (χ0n) is 11.0. The summed E-state index contributed by atoms with van der Waals surface area (Å²) in [5.74, 6) is 0.558. The quantitative estimate of drug-likeness (QED) is 0.636. The number of phenols is 1. The van der Waals surface area contributed by atoms with Crippen molar-refractivity contribution in [3.8, 4) is 11.5 Å². The SMILES string of the molecule is CCCc1c(OC(Br)CC)ccc(C(C)=O)c1O. The van der Waals surface area contributed by atoms with Gasteiger partial charge in [-0.2, -0.15) is 0 Å². The lowest BCUT2D eigenvalue weighted by molar-refractivity contribution is 0.101. The molecule has 0 amide bonds. The number of alkyl halides is 1. The molecule has 0 bridgehead atoms. The van der Waals surface area contributed by atoms with Gasteiger partial charge in [0.15, 0.2) is 10.8 Å². The molecule has 0 saturated carbocycles. The summed E-state index contributed by atoms with van der Waals surface area (Å²) in [5.41, 5.74) is 1.07. The van der Waals surface area contributed by atoms with Crippen LogP contribution in [0.15, 0.2) is 12.1 Å². The van der Waals surface area contributed by atoms with Gasteiger partial charge >= 0.3 is 0 Å². The van der Waals surface area contributed by atoms with E-state index in [4.69, 9.17) is 4.74 Å². The molecular weight excluding hydrogens is 296 g/mol. The van der Waals surface area contributed by atoms with Crippen molar-refractivity contribution in [2.75, 3.05) is 0 Å². The second-order valence-corrected chi connectivity index (χ2v) is 5.20. The van der Waals surface area contributed by atoms with Crippen molar-refractivity contribution in [3.05, 3.63) is 23.3 Å². The molecule has 0 aliphatic heterocycles. The average Bonchev–Trinajstić information content (AvgIpc) is 2.33. The first-order valence-electron chi connectivity index (χ1n) is 6.17. The van der Waals surface area contributed by atoms with Gasteiger partial charge in [-0.25, -0.2) is 0 Å². The Labute approximate surface area is 116 Å². The lowest BCUT2D eigenvalue weighted by Crippen LogP contribution is -2.09. The van der Waals surface area contributed by atoms with Gasteiger partial charge in [0.05, 0.1) is 5.56 Å². The molecule has 18 heavy (non-hydrogen) atoms. The number of phenolic OH excluding ortho intramolecular Hbond substituents is 1. The van der Waals surface area contributed by atoms with Gasteiger partial charge in [0.2, 0.25) is 0 Å². The Morgan fingerprint density at radius 1 is 1.44 bits per heavy atom. The van der Waals surface area contributed by atoms with Crippen molar-refractivity contribution in [1.82, 2.24) is 0 Å². The molecule has 1 atom stereocenters. The van der Waals surface area contributed by atoms with E-state index in [0.717, 1.165) is 12.8 Å². The zero-order valence-corrected chi connectivity index (χ0v) is 12.6. The highest BCUT2D eigenvalue weighted by atomic mass is 79.9. The molecule has 0 radical (unpaired) electrons. The van der Waals surface area contributed by atoms with E-state index in [-0.39, 0.29) is 16.5 Å². The molecule has 1 N–H and O–H groups in total. The van der Waals surface area contributed by atoms with Crippen LogP contribution in [0.25, 0.3) is 0 Å².